The standard InChI is InChI=1S/C15H23NO/c1-11-8-12(10-15(2,3)9-11)17-14-7-5-4-6-13(14)16/h4-7,11-12H,8-10,16H2,1-3H3. The third-order valence-electron chi connectivity index (χ3n) is 3.56. The molecule has 0 heterocycles. The van der Waals surface area contributed by atoms with Crippen molar-refractivity contribution in [2.75, 3.05) is 5.73 Å². The summed E-state index contributed by atoms with van der Waals surface area (Å²) in [6.07, 6.45) is 3.85. The topological polar surface area (TPSA) is 35.2 Å². The average molecular weight is 233 g/mol. The number of hydrogen-bond donors (Lipinski definition) is 1. The van der Waals surface area contributed by atoms with Crippen LogP contribution in [0.5, 0.6) is 5.75 Å². The summed E-state index contributed by atoms with van der Waals surface area (Å²) < 4.78 is 6.07. The van der Waals surface area contributed by atoms with Gasteiger partial charge in [0.15, 0.2) is 0 Å². The van der Waals surface area contributed by atoms with Gasteiger partial charge in [-0.3, -0.25) is 0 Å². The highest BCUT2D eigenvalue weighted by Gasteiger charge is 2.33. The maximum absolute atomic E-state index is 6.07. The zero-order chi connectivity index (χ0) is 12.5. The minimum absolute atomic E-state index is 0.304. The Morgan fingerprint density at radius 1 is 1.24 bits per heavy atom. The summed E-state index contributed by atoms with van der Waals surface area (Å²) in [7, 11) is 0. The van der Waals surface area contributed by atoms with Gasteiger partial charge in [0.05, 0.1) is 11.8 Å². The number of nitrogens with two attached hydrogens (primary N) is 1. The van der Waals surface area contributed by atoms with E-state index in [1.165, 1.54) is 6.42 Å². The third kappa shape index (κ3) is 3.15. The molecule has 1 aliphatic rings. The fraction of sp³-hybridized carbons (Fsp3) is 0.600. The van der Waals surface area contributed by atoms with Crippen LogP contribution in [-0.2, 0) is 0 Å². The van der Waals surface area contributed by atoms with E-state index in [0.717, 1.165) is 30.2 Å². The molecule has 0 radical (unpaired) electrons. The molecule has 0 amide bonds. The maximum atomic E-state index is 6.07. The molecule has 2 nitrogen and oxygen atoms in total. The summed E-state index contributed by atoms with van der Waals surface area (Å²) in [4.78, 5) is 0. The first-order valence-electron chi connectivity index (χ1n) is 6.47. The van der Waals surface area contributed by atoms with Crippen LogP contribution in [0, 0.1) is 11.3 Å². The Labute approximate surface area is 104 Å². The number of rotatable bonds is 2. The lowest BCUT2D eigenvalue weighted by molar-refractivity contribution is 0.0567. The molecule has 2 unspecified atom stereocenters. The highest BCUT2D eigenvalue weighted by molar-refractivity contribution is 5.51. The largest absolute Gasteiger partial charge is 0.488 e. The van der Waals surface area contributed by atoms with Crippen LogP contribution in [0.1, 0.15) is 40.0 Å². The van der Waals surface area contributed by atoms with Crippen molar-refractivity contribution in [1.82, 2.24) is 0 Å². The first kappa shape index (κ1) is 12.3. The van der Waals surface area contributed by atoms with E-state index in [1.54, 1.807) is 0 Å². The molecule has 1 fully saturated rings. The fourth-order valence-corrected chi connectivity index (χ4v) is 3.12. The molecule has 1 aromatic carbocycles. The van der Waals surface area contributed by atoms with Crippen LogP contribution in [-0.4, -0.2) is 6.10 Å². The van der Waals surface area contributed by atoms with Gasteiger partial charge in [-0.25, -0.2) is 0 Å². The quantitative estimate of drug-likeness (QED) is 0.787. The molecular weight excluding hydrogens is 210 g/mol. The predicted octanol–water partition coefficient (Wildman–Crippen LogP) is 3.86. The summed E-state index contributed by atoms with van der Waals surface area (Å²) in [6, 6.07) is 7.77. The van der Waals surface area contributed by atoms with Crippen LogP contribution in [0.4, 0.5) is 5.69 Å². The van der Waals surface area contributed by atoms with Crippen molar-refractivity contribution >= 4 is 5.69 Å². The Kier molecular flexibility index (Phi) is 3.32. The van der Waals surface area contributed by atoms with Gasteiger partial charge in [-0.15, -0.1) is 0 Å². The molecule has 1 saturated carbocycles. The minimum Gasteiger partial charge on any atom is -0.488 e. The number of hydrogen-bond acceptors (Lipinski definition) is 2. The second-order valence-electron chi connectivity index (χ2n) is 6.19. The van der Waals surface area contributed by atoms with Crippen molar-refractivity contribution in [3.05, 3.63) is 24.3 Å². The van der Waals surface area contributed by atoms with Gasteiger partial charge >= 0.3 is 0 Å². The van der Waals surface area contributed by atoms with E-state index in [1.807, 2.05) is 24.3 Å². The van der Waals surface area contributed by atoms with E-state index in [9.17, 15) is 0 Å². The van der Waals surface area contributed by atoms with Crippen LogP contribution < -0.4 is 10.5 Å². The average Bonchev–Trinajstić information content (AvgIpc) is 2.18. The van der Waals surface area contributed by atoms with Crippen LogP contribution in [0.25, 0.3) is 0 Å². The SMILES string of the molecule is CC1CC(Oc2ccccc2N)CC(C)(C)C1. The van der Waals surface area contributed by atoms with Gasteiger partial charge in [0.1, 0.15) is 5.75 Å². The van der Waals surface area contributed by atoms with Gasteiger partial charge in [-0.05, 0) is 42.7 Å². The van der Waals surface area contributed by atoms with Crippen molar-refractivity contribution < 1.29 is 4.74 Å². The molecule has 0 bridgehead atoms. The molecule has 0 saturated heterocycles. The normalized spacial score (nSPS) is 27.7. The van der Waals surface area contributed by atoms with Gasteiger partial charge in [0, 0.05) is 0 Å². The Balaban J connectivity index is 2.06. The van der Waals surface area contributed by atoms with E-state index in [2.05, 4.69) is 20.8 Å². The molecule has 0 spiro atoms. The summed E-state index contributed by atoms with van der Waals surface area (Å²) in [6.45, 7) is 6.96. The van der Waals surface area contributed by atoms with Gasteiger partial charge < -0.3 is 10.5 Å². The van der Waals surface area contributed by atoms with Crippen molar-refractivity contribution in [1.29, 1.82) is 0 Å². The minimum atomic E-state index is 0.304. The highest BCUT2D eigenvalue weighted by atomic mass is 16.5. The molecule has 2 atom stereocenters. The molecule has 17 heavy (non-hydrogen) atoms. The lowest BCUT2D eigenvalue weighted by Gasteiger charge is -2.39. The molecule has 2 rings (SSSR count). The first-order valence-corrected chi connectivity index (χ1v) is 6.47. The summed E-state index contributed by atoms with van der Waals surface area (Å²) in [5, 5.41) is 0. The lowest BCUT2D eigenvalue weighted by atomic mass is 9.71. The third-order valence-corrected chi connectivity index (χ3v) is 3.56. The number of anilines is 1. The second kappa shape index (κ2) is 4.59. The van der Waals surface area contributed by atoms with Gasteiger partial charge in [-0.2, -0.15) is 0 Å². The van der Waals surface area contributed by atoms with Crippen LogP contribution in [0.3, 0.4) is 0 Å². The molecule has 1 aliphatic carbocycles. The van der Waals surface area contributed by atoms with E-state index >= 15 is 0 Å². The predicted molar refractivity (Wildman–Crippen MR) is 72.1 cm³/mol. The maximum Gasteiger partial charge on any atom is 0.142 e. The van der Waals surface area contributed by atoms with E-state index in [-0.39, 0.29) is 0 Å². The van der Waals surface area contributed by atoms with E-state index in [0.29, 0.717) is 11.5 Å². The van der Waals surface area contributed by atoms with Crippen LogP contribution >= 0.6 is 0 Å². The smallest absolute Gasteiger partial charge is 0.142 e. The molecule has 94 valence electrons. The van der Waals surface area contributed by atoms with E-state index < -0.39 is 0 Å². The molecule has 2 N–H and O–H groups in total. The van der Waals surface area contributed by atoms with Crippen molar-refractivity contribution in [2.45, 2.75) is 46.1 Å². The Morgan fingerprint density at radius 3 is 2.59 bits per heavy atom. The number of nitrogen functional groups attached to an aromatic ring is 1. The Morgan fingerprint density at radius 2 is 1.94 bits per heavy atom. The molecule has 1 aromatic rings. The highest BCUT2D eigenvalue weighted by Crippen LogP contribution is 2.40. The molecule has 2 heteroatoms. The van der Waals surface area contributed by atoms with Crippen LogP contribution in [0.15, 0.2) is 24.3 Å². The summed E-state index contributed by atoms with van der Waals surface area (Å²) >= 11 is 0. The second-order valence-corrected chi connectivity index (χ2v) is 6.19. The number of ether oxygens (including phenoxy) is 1. The monoisotopic (exact) mass is 233 g/mol. The lowest BCUT2D eigenvalue weighted by Crippen LogP contribution is -2.34. The number of benzene rings is 1. The Hall–Kier alpha value is -1.18. The zero-order valence-electron chi connectivity index (χ0n) is 11.1. The Bertz CT molecular complexity index is 386. The van der Waals surface area contributed by atoms with Crippen molar-refractivity contribution in [3.8, 4) is 5.75 Å². The fourth-order valence-electron chi connectivity index (χ4n) is 3.12. The molecule has 0 aromatic heterocycles. The van der Waals surface area contributed by atoms with Gasteiger partial charge in [0.2, 0.25) is 0 Å². The summed E-state index contributed by atoms with van der Waals surface area (Å²) in [5.41, 5.74) is 7.04. The summed E-state index contributed by atoms with van der Waals surface area (Å²) in [5.74, 6) is 1.57. The number of para-hydroxylation sites is 2. The van der Waals surface area contributed by atoms with Crippen LogP contribution in [0.2, 0.25) is 0 Å². The van der Waals surface area contributed by atoms with Crippen molar-refractivity contribution in [3.63, 3.8) is 0 Å². The first-order chi connectivity index (χ1) is 7.96. The van der Waals surface area contributed by atoms with Crippen molar-refractivity contribution in [2.24, 2.45) is 11.3 Å². The van der Waals surface area contributed by atoms with E-state index in [4.69, 9.17) is 10.5 Å². The molecular formula is C15H23NO. The molecule has 0 aliphatic heterocycles. The zero-order valence-corrected chi connectivity index (χ0v) is 11.1. The van der Waals surface area contributed by atoms with Gasteiger partial charge in [0.25, 0.3) is 0 Å². The van der Waals surface area contributed by atoms with Gasteiger partial charge in [-0.1, -0.05) is 32.9 Å².